The summed E-state index contributed by atoms with van der Waals surface area (Å²) in [6, 6.07) is 6.64. The van der Waals surface area contributed by atoms with Crippen LogP contribution in [0.5, 0.6) is 0 Å². The highest BCUT2D eigenvalue weighted by Crippen LogP contribution is 2.64. The first-order valence-corrected chi connectivity index (χ1v) is 18.2. The summed E-state index contributed by atoms with van der Waals surface area (Å²) in [4.78, 5) is 80.4. The minimum Gasteiger partial charge on any atom is -0.461 e. The summed E-state index contributed by atoms with van der Waals surface area (Å²) < 4.78 is 29.9. The van der Waals surface area contributed by atoms with Crippen LogP contribution in [0, 0.1) is 16.7 Å². The fraction of sp³-hybridized carbons (Fsp3) is 0.600. The highest BCUT2D eigenvalue weighted by molar-refractivity contribution is 5.94. The van der Waals surface area contributed by atoms with Crippen LogP contribution in [-0.4, -0.2) is 111 Å². The topological polar surface area (TPSA) is 221 Å². The zero-order chi connectivity index (χ0) is 41.0. The molecule has 1 aromatic rings. The molecule has 3 aliphatic carbocycles. The normalized spacial score (nSPS) is 34.4. The minimum atomic E-state index is -2.35. The molecule has 300 valence electrons. The first-order chi connectivity index (χ1) is 25.5. The molecule has 2 saturated carbocycles. The monoisotopic (exact) mass is 769 g/mol. The number of aliphatic hydroxyl groups is 3. The van der Waals surface area contributed by atoms with E-state index in [9.17, 15) is 39.3 Å². The van der Waals surface area contributed by atoms with Gasteiger partial charge in [-0.3, -0.25) is 19.2 Å². The molecule has 4 N–H and O–H groups in total. The molecule has 10 unspecified atom stereocenters. The maximum Gasteiger partial charge on any atom is 0.338 e. The molecule has 3 fully saturated rings. The Hall–Kier alpha value is -4.44. The number of nitrogens with one attached hydrogen (secondary N) is 1. The Labute approximate surface area is 319 Å². The smallest absolute Gasteiger partial charge is 0.338 e. The van der Waals surface area contributed by atoms with Crippen molar-refractivity contribution in [1.82, 2.24) is 5.32 Å². The number of aliphatic hydroxyl groups excluding tert-OH is 2. The van der Waals surface area contributed by atoms with E-state index in [1.807, 2.05) is 0 Å². The van der Waals surface area contributed by atoms with E-state index < -0.39 is 113 Å². The quantitative estimate of drug-likeness (QED) is 0.161. The van der Waals surface area contributed by atoms with E-state index >= 15 is 4.79 Å². The Kier molecular flexibility index (Phi) is 11.3. The average molecular weight is 770 g/mol. The van der Waals surface area contributed by atoms with Crippen molar-refractivity contribution in [3.8, 4) is 0 Å². The number of hydrogen-bond donors (Lipinski definition) is 4. The molecule has 55 heavy (non-hydrogen) atoms. The number of amides is 1. The van der Waals surface area contributed by atoms with Gasteiger partial charge in [0.05, 0.1) is 29.5 Å². The molecule has 0 spiro atoms. The number of carbonyl (C=O) groups excluding carboxylic acids is 6. The van der Waals surface area contributed by atoms with Gasteiger partial charge in [-0.1, -0.05) is 43.7 Å². The molecule has 11 atom stereocenters. The Morgan fingerprint density at radius 1 is 0.964 bits per heavy atom. The van der Waals surface area contributed by atoms with Gasteiger partial charge in [-0.15, -0.1) is 0 Å². The lowest BCUT2D eigenvalue weighted by molar-refractivity contribution is -0.346. The third-order valence-electron chi connectivity index (χ3n) is 11.9. The summed E-state index contributed by atoms with van der Waals surface area (Å²) in [6.45, 7) is 12.6. The van der Waals surface area contributed by atoms with Crippen LogP contribution in [0.4, 0.5) is 0 Å². The highest BCUT2D eigenvalue weighted by atomic mass is 16.6. The van der Waals surface area contributed by atoms with Crippen LogP contribution in [0.2, 0.25) is 0 Å². The van der Waals surface area contributed by atoms with Gasteiger partial charge in [0.15, 0.2) is 17.5 Å². The van der Waals surface area contributed by atoms with Crippen LogP contribution >= 0.6 is 0 Å². The number of ketones is 1. The van der Waals surface area contributed by atoms with E-state index in [1.54, 1.807) is 45.9 Å². The second kappa shape index (κ2) is 14.9. The number of allylic oxidation sites excluding steroid dienone is 1. The Bertz CT molecular complexity index is 1820. The number of hydrogen-bond acceptors (Lipinski definition) is 14. The fourth-order valence-corrected chi connectivity index (χ4v) is 9.29. The SMILES string of the molecule is CC(=O)NC(C=C(C)C)C(O)C(=O)OC1CC2(O)C(OC(=O)c3ccccc3)C3C4(OC(C)=O)COC4CC(OC(C)=O)[C@@]3(C)C(=O)C(O)C(=C1C)C2(C)C. The predicted octanol–water partition coefficient (Wildman–Crippen LogP) is 2.04. The summed E-state index contributed by atoms with van der Waals surface area (Å²) in [6.07, 6.45) is -8.68. The second-order valence-corrected chi connectivity index (χ2v) is 16.1. The average Bonchev–Trinajstić information content (AvgIpc) is 3.08. The second-order valence-electron chi connectivity index (χ2n) is 16.1. The zero-order valence-electron chi connectivity index (χ0n) is 32.5. The summed E-state index contributed by atoms with van der Waals surface area (Å²) in [5, 5.41) is 39.3. The third kappa shape index (κ3) is 7.00. The molecule has 0 aromatic heterocycles. The van der Waals surface area contributed by atoms with Gasteiger partial charge in [0.25, 0.3) is 0 Å². The molecule has 1 saturated heterocycles. The molecule has 5 rings (SSSR count). The lowest BCUT2D eigenvalue weighted by atomic mass is 9.44. The lowest BCUT2D eigenvalue weighted by Gasteiger charge is -2.67. The van der Waals surface area contributed by atoms with Crippen LogP contribution < -0.4 is 5.32 Å². The fourth-order valence-electron chi connectivity index (χ4n) is 9.29. The van der Waals surface area contributed by atoms with Crippen LogP contribution in [0.3, 0.4) is 0 Å². The summed E-state index contributed by atoms with van der Waals surface area (Å²) in [5.41, 5.74) is -6.86. The zero-order valence-corrected chi connectivity index (χ0v) is 32.5. The van der Waals surface area contributed by atoms with Gasteiger partial charge in [0, 0.05) is 39.0 Å². The van der Waals surface area contributed by atoms with Gasteiger partial charge in [-0.05, 0) is 51.0 Å². The molecule has 15 nitrogen and oxygen atoms in total. The van der Waals surface area contributed by atoms with E-state index in [-0.39, 0.29) is 29.7 Å². The van der Waals surface area contributed by atoms with Crippen molar-refractivity contribution in [2.45, 2.75) is 129 Å². The first-order valence-electron chi connectivity index (χ1n) is 18.2. The largest absolute Gasteiger partial charge is 0.461 e. The maximum absolute atomic E-state index is 15.1. The summed E-state index contributed by atoms with van der Waals surface area (Å²) >= 11 is 0. The van der Waals surface area contributed by atoms with E-state index in [1.165, 1.54) is 39.0 Å². The molecule has 1 aliphatic heterocycles. The molecule has 4 aliphatic rings. The van der Waals surface area contributed by atoms with E-state index in [0.29, 0.717) is 5.57 Å². The molecule has 1 aromatic carbocycles. The van der Waals surface area contributed by atoms with Crippen molar-refractivity contribution in [3.63, 3.8) is 0 Å². The molecule has 15 heteroatoms. The molecule has 2 bridgehead atoms. The van der Waals surface area contributed by atoms with Gasteiger partial charge < -0.3 is 44.3 Å². The van der Waals surface area contributed by atoms with Gasteiger partial charge in [0.2, 0.25) is 5.91 Å². The molecule has 0 radical (unpaired) electrons. The number of rotatable bonds is 9. The van der Waals surface area contributed by atoms with E-state index in [0.717, 1.165) is 13.8 Å². The molecule has 1 amide bonds. The number of carbonyl (C=O) groups is 6. The number of ether oxygens (including phenoxy) is 5. The van der Waals surface area contributed by atoms with Gasteiger partial charge in [-0.2, -0.15) is 0 Å². The summed E-state index contributed by atoms with van der Waals surface area (Å²) in [7, 11) is 0. The van der Waals surface area contributed by atoms with Crippen molar-refractivity contribution >= 4 is 35.6 Å². The third-order valence-corrected chi connectivity index (χ3v) is 11.9. The van der Waals surface area contributed by atoms with E-state index in [2.05, 4.69) is 5.32 Å². The number of Topliss-reactive ketones (excluding diaryl/α,β-unsaturated/α-hetero) is 1. The molecule has 1 heterocycles. The van der Waals surface area contributed by atoms with Crippen molar-refractivity contribution in [2.75, 3.05) is 6.61 Å². The van der Waals surface area contributed by atoms with Crippen molar-refractivity contribution in [1.29, 1.82) is 0 Å². The number of fused-ring (bicyclic) bond motifs is 5. The van der Waals surface area contributed by atoms with Gasteiger partial charge >= 0.3 is 23.9 Å². The van der Waals surface area contributed by atoms with Crippen LogP contribution in [0.25, 0.3) is 0 Å². The standard InChI is InChI=1S/C40H51NO14/c1-19(2)15-25(41-21(4)42)30(45)36(49)53-26-17-40(50)34(54-35(48)24-13-11-10-12-14-24)32-38(9,33(47)31(46)29(20(26)3)37(40,7)8)27(52-22(5)43)16-28-39(32,18-51-28)55-23(6)44/h10-15,25-28,30-32,34,45-46,50H,16-18H2,1-9H3,(H,41,42)/t25?,26?,27?,28?,30?,31?,32?,34?,38-,39?,40?/m1/s1. The Balaban J connectivity index is 1.76. The van der Waals surface area contributed by atoms with E-state index in [4.69, 9.17) is 23.7 Å². The number of esters is 4. The molecular weight excluding hydrogens is 718 g/mol. The lowest BCUT2D eigenvalue weighted by Crippen LogP contribution is -2.82. The predicted molar refractivity (Wildman–Crippen MR) is 192 cm³/mol. The number of benzene rings is 1. The maximum atomic E-state index is 15.1. The van der Waals surface area contributed by atoms with Crippen molar-refractivity contribution < 1.29 is 67.8 Å². The highest BCUT2D eigenvalue weighted by Gasteiger charge is 2.78. The van der Waals surface area contributed by atoms with Crippen molar-refractivity contribution in [2.24, 2.45) is 16.7 Å². The van der Waals surface area contributed by atoms with Gasteiger partial charge in [0.1, 0.15) is 36.1 Å². The van der Waals surface area contributed by atoms with Crippen LogP contribution in [0.15, 0.2) is 53.1 Å². The molecular formula is C40H51NO14. The first kappa shape index (κ1) is 41.7. The minimum absolute atomic E-state index is 0.0585. The van der Waals surface area contributed by atoms with Crippen LogP contribution in [-0.2, 0) is 47.7 Å². The van der Waals surface area contributed by atoms with Crippen LogP contribution in [0.1, 0.15) is 85.5 Å². The van der Waals surface area contributed by atoms with Crippen molar-refractivity contribution in [3.05, 3.63) is 58.7 Å². The Morgan fingerprint density at radius 3 is 2.13 bits per heavy atom. The summed E-state index contributed by atoms with van der Waals surface area (Å²) in [5.74, 6) is -6.61. The Morgan fingerprint density at radius 2 is 1.60 bits per heavy atom. The van der Waals surface area contributed by atoms with Gasteiger partial charge in [-0.25, -0.2) is 9.59 Å².